The number of fused-ring (bicyclic) bond motifs is 2. The summed E-state index contributed by atoms with van der Waals surface area (Å²) in [6.45, 7) is 19.0. The summed E-state index contributed by atoms with van der Waals surface area (Å²) >= 11 is 1.59. The second kappa shape index (κ2) is 11.9. The van der Waals surface area contributed by atoms with E-state index in [4.69, 9.17) is 0 Å². The molecule has 0 bridgehead atoms. The molecule has 29 heavy (non-hydrogen) atoms. The van der Waals surface area contributed by atoms with Gasteiger partial charge in [-0.2, -0.15) is 4.37 Å². The molecule has 2 aromatic carbocycles. The lowest BCUT2D eigenvalue weighted by Crippen LogP contribution is -2.19. The van der Waals surface area contributed by atoms with E-state index in [1.165, 1.54) is 27.1 Å². The van der Waals surface area contributed by atoms with Crippen LogP contribution in [0, 0.1) is 5.41 Å². The fourth-order valence-electron chi connectivity index (χ4n) is 2.89. The minimum absolute atomic E-state index is 0.207. The Morgan fingerprint density at radius 1 is 0.862 bits per heavy atom. The Morgan fingerprint density at radius 3 is 2.03 bits per heavy atom. The van der Waals surface area contributed by atoms with E-state index in [1.54, 1.807) is 11.5 Å². The van der Waals surface area contributed by atoms with Gasteiger partial charge < -0.3 is 0 Å². The summed E-state index contributed by atoms with van der Waals surface area (Å²) < 4.78 is 5.73. The minimum atomic E-state index is 0.207. The summed E-state index contributed by atoms with van der Waals surface area (Å²) in [7, 11) is 0. The third-order valence-corrected chi connectivity index (χ3v) is 5.26. The predicted molar refractivity (Wildman–Crippen MR) is 133 cm³/mol. The van der Waals surface area contributed by atoms with Crippen molar-refractivity contribution in [1.82, 2.24) is 4.37 Å². The largest absolute Gasteiger partial charge is 0.257 e. The molecule has 0 saturated heterocycles. The maximum absolute atomic E-state index is 4.64. The van der Waals surface area contributed by atoms with Gasteiger partial charge in [0.2, 0.25) is 0 Å². The van der Waals surface area contributed by atoms with Gasteiger partial charge in [-0.3, -0.25) is 4.99 Å². The first-order chi connectivity index (χ1) is 13.9. The van der Waals surface area contributed by atoms with Crippen molar-refractivity contribution in [2.75, 3.05) is 0 Å². The van der Waals surface area contributed by atoms with Crippen LogP contribution in [0.3, 0.4) is 0 Å². The predicted octanol–water partition coefficient (Wildman–Crippen LogP) is 8.83. The number of hydrogen-bond acceptors (Lipinski definition) is 3. The van der Waals surface area contributed by atoms with Gasteiger partial charge in [0.25, 0.3) is 0 Å². The third kappa shape index (κ3) is 6.78. The molecule has 0 fully saturated rings. The van der Waals surface area contributed by atoms with Crippen LogP contribution in [0.2, 0.25) is 0 Å². The summed E-state index contributed by atoms with van der Waals surface area (Å²) in [6.07, 6.45) is 1.03. The fraction of sp³-hybridized carbons (Fsp3) is 0.462. The van der Waals surface area contributed by atoms with Crippen LogP contribution in [0.25, 0.3) is 10.1 Å². The summed E-state index contributed by atoms with van der Waals surface area (Å²) in [6, 6.07) is 16.8. The molecule has 2 nitrogen and oxygen atoms in total. The number of para-hydroxylation sites is 1. The van der Waals surface area contributed by atoms with Crippen molar-refractivity contribution in [3.63, 3.8) is 0 Å². The van der Waals surface area contributed by atoms with Crippen molar-refractivity contribution in [2.24, 2.45) is 10.4 Å². The molecule has 0 amide bonds. The molecule has 1 aliphatic heterocycles. The highest BCUT2D eigenvalue weighted by Crippen LogP contribution is 2.32. The van der Waals surface area contributed by atoms with Crippen molar-refractivity contribution in [1.29, 1.82) is 0 Å². The van der Waals surface area contributed by atoms with Gasteiger partial charge in [-0.05, 0) is 35.1 Å². The van der Waals surface area contributed by atoms with Crippen molar-refractivity contribution >= 4 is 33.0 Å². The molecule has 0 N–H and O–H groups in total. The first-order valence-corrected chi connectivity index (χ1v) is 11.6. The molecule has 0 saturated carbocycles. The van der Waals surface area contributed by atoms with Gasteiger partial charge in [-0.15, -0.1) is 0 Å². The standard InChI is InChI=1S/C12H15N.C10H11NS.2C2H6/c1-12(2,3)11-8-9-6-4-5-7-10(9)13-11;1-7(2)10-8-5-3-4-6-9(8)12-11-10;2*1-2/h4-7H,8H2,1-3H3;3-7H,1-2H3;2*1-2H3. The van der Waals surface area contributed by atoms with E-state index >= 15 is 0 Å². The number of benzene rings is 2. The molecule has 158 valence electrons. The Bertz CT molecular complexity index is 898. The van der Waals surface area contributed by atoms with Gasteiger partial charge >= 0.3 is 0 Å². The van der Waals surface area contributed by atoms with E-state index in [9.17, 15) is 0 Å². The smallest absolute Gasteiger partial charge is 0.0665 e. The topological polar surface area (TPSA) is 25.2 Å². The molecule has 4 rings (SSSR count). The second-order valence-electron chi connectivity index (χ2n) is 7.83. The van der Waals surface area contributed by atoms with Gasteiger partial charge in [0.05, 0.1) is 16.1 Å². The monoisotopic (exact) mass is 410 g/mol. The Labute approximate surface area is 182 Å². The molecular formula is C26H38N2S. The summed E-state index contributed by atoms with van der Waals surface area (Å²) in [5.74, 6) is 0.529. The van der Waals surface area contributed by atoms with Crippen LogP contribution in [0.5, 0.6) is 0 Å². The number of rotatable bonds is 1. The van der Waals surface area contributed by atoms with E-state index in [2.05, 4.69) is 86.4 Å². The van der Waals surface area contributed by atoms with Crippen molar-refractivity contribution in [3.05, 3.63) is 59.8 Å². The van der Waals surface area contributed by atoms with Crippen LogP contribution in [-0.2, 0) is 6.42 Å². The Morgan fingerprint density at radius 2 is 1.45 bits per heavy atom. The summed E-state index contributed by atoms with van der Waals surface area (Å²) in [5.41, 5.74) is 5.27. The Balaban J connectivity index is 0.000000248. The van der Waals surface area contributed by atoms with Gasteiger partial charge in [0.15, 0.2) is 0 Å². The molecule has 0 aliphatic carbocycles. The lowest BCUT2D eigenvalue weighted by atomic mass is 9.87. The van der Waals surface area contributed by atoms with Crippen LogP contribution in [0.4, 0.5) is 5.69 Å². The van der Waals surface area contributed by atoms with E-state index < -0.39 is 0 Å². The highest BCUT2D eigenvalue weighted by molar-refractivity contribution is 7.13. The third-order valence-electron chi connectivity index (χ3n) is 4.42. The zero-order valence-electron chi connectivity index (χ0n) is 19.7. The van der Waals surface area contributed by atoms with E-state index in [-0.39, 0.29) is 5.41 Å². The number of hydrogen-bond donors (Lipinski definition) is 0. The SMILES string of the molecule is CC.CC.CC(C)(C)C1=Nc2ccccc2C1.CC(C)c1nsc2ccccc12. The van der Waals surface area contributed by atoms with Crippen molar-refractivity contribution in [2.45, 2.75) is 74.7 Å². The minimum Gasteiger partial charge on any atom is -0.257 e. The van der Waals surface area contributed by atoms with Crippen LogP contribution in [0.15, 0.2) is 53.5 Å². The van der Waals surface area contributed by atoms with Crippen LogP contribution >= 0.6 is 11.5 Å². The van der Waals surface area contributed by atoms with Gasteiger partial charge in [0.1, 0.15) is 0 Å². The molecule has 0 unspecified atom stereocenters. The molecule has 3 aromatic rings. The van der Waals surface area contributed by atoms with E-state index in [0.717, 1.165) is 12.1 Å². The maximum Gasteiger partial charge on any atom is 0.0665 e. The average Bonchev–Trinajstić information content (AvgIpc) is 3.36. The van der Waals surface area contributed by atoms with E-state index in [0.29, 0.717) is 5.92 Å². The Hall–Kier alpha value is -2.00. The fourth-order valence-corrected chi connectivity index (χ4v) is 3.81. The lowest BCUT2D eigenvalue weighted by Gasteiger charge is -2.17. The summed E-state index contributed by atoms with van der Waals surface area (Å²) in [5, 5.41) is 1.32. The second-order valence-corrected chi connectivity index (χ2v) is 8.64. The molecule has 1 aliphatic rings. The van der Waals surface area contributed by atoms with Crippen molar-refractivity contribution in [3.8, 4) is 0 Å². The van der Waals surface area contributed by atoms with Crippen LogP contribution in [0.1, 0.15) is 79.5 Å². The van der Waals surface area contributed by atoms with Crippen molar-refractivity contribution < 1.29 is 0 Å². The lowest BCUT2D eigenvalue weighted by molar-refractivity contribution is 0.584. The first kappa shape index (κ1) is 25.0. The average molecular weight is 411 g/mol. The molecule has 0 atom stereocenters. The molecule has 0 radical (unpaired) electrons. The van der Waals surface area contributed by atoms with Gasteiger partial charge in [-0.1, -0.05) is 98.7 Å². The summed E-state index contributed by atoms with van der Waals surface area (Å²) in [4.78, 5) is 4.64. The van der Waals surface area contributed by atoms with Gasteiger partial charge in [0, 0.05) is 22.9 Å². The molecule has 3 heteroatoms. The van der Waals surface area contributed by atoms with Gasteiger partial charge in [-0.25, -0.2) is 0 Å². The van der Waals surface area contributed by atoms with Crippen LogP contribution < -0.4 is 0 Å². The number of aromatic nitrogens is 1. The molecule has 0 spiro atoms. The highest BCUT2D eigenvalue weighted by Gasteiger charge is 2.24. The number of nitrogens with zero attached hydrogens (tertiary/aromatic N) is 2. The molecule has 1 aromatic heterocycles. The highest BCUT2D eigenvalue weighted by atomic mass is 32.1. The Kier molecular flexibility index (Phi) is 10.2. The quantitative estimate of drug-likeness (QED) is 0.393. The normalized spacial score (nSPS) is 12.0. The zero-order chi connectivity index (χ0) is 22.0. The molecule has 2 heterocycles. The first-order valence-electron chi connectivity index (χ1n) is 10.9. The van der Waals surface area contributed by atoms with E-state index in [1.807, 2.05) is 33.8 Å². The maximum atomic E-state index is 4.64. The van der Waals surface area contributed by atoms with Crippen LogP contribution in [-0.4, -0.2) is 10.1 Å². The molecular weight excluding hydrogens is 372 g/mol. The zero-order valence-corrected chi connectivity index (χ0v) is 20.5. The number of aliphatic imine (C=N–C) groups is 1.